The second-order valence-corrected chi connectivity index (χ2v) is 6.93. The molecule has 3 aromatic heterocycles. The summed E-state index contributed by atoms with van der Waals surface area (Å²) in [6, 6.07) is 7.33. The Morgan fingerprint density at radius 1 is 1.27 bits per heavy atom. The molecule has 9 heteroatoms. The van der Waals surface area contributed by atoms with E-state index in [9.17, 15) is 9.59 Å². The molecule has 1 N–H and O–H groups in total. The summed E-state index contributed by atoms with van der Waals surface area (Å²) in [5.41, 5.74) is 1.25. The van der Waals surface area contributed by atoms with Gasteiger partial charge in [-0.2, -0.15) is 5.10 Å². The molecule has 0 bridgehead atoms. The van der Waals surface area contributed by atoms with E-state index in [0.717, 1.165) is 10.4 Å². The Morgan fingerprint density at radius 2 is 2.08 bits per heavy atom. The summed E-state index contributed by atoms with van der Waals surface area (Å²) in [7, 11) is 0. The van der Waals surface area contributed by atoms with Crippen LogP contribution in [0.15, 0.2) is 54.1 Å². The number of carbonyl (C=O) groups is 1. The largest absolute Gasteiger partial charge is 0.322 e. The smallest absolute Gasteiger partial charge is 0.271 e. The molecule has 4 rings (SSSR count). The van der Waals surface area contributed by atoms with Gasteiger partial charge in [0.05, 0.1) is 6.54 Å². The SMILES string of the molecule is Cc1cn2c(=O)c(C(=O)Nc3ccc(Cn4cncn4)cc3)cnc2s1. The van der Waals surface area contributed by atoms with E-state index in [1.165, 1.54) is 28.3 Å². The van der Waals surface area contributed by atoms with Crippen molar-refractivity contribution in [2.75, 3.05) is 5.32 Å². The van der Waals surface area contributed by atoms with E-state index in [1.807, 2.05) is 19.1 Å². The Hall–Kier alpha value is -3.33. The van der Waals surface area contributed by atoms with Crippen LogP contribution in [0.5, 0.6) is 0 Å². The highest BCUT2D eigenvalue weighted by Gasteiger charge is 2.14. The van der Waals surface area contributed by atoms with Crippen LogP contribution in [0, 0.1) is 6.92 Å². The predicted molar refractivity (Wildman–Crippen MR) is 97.6 cm³/mol. The van der Waals surface area contributed by atoms with Gasteiger partial charge in [-0.05, 0) is 24.6 Å². The normalized spacial score (nSPS) is 11.0. The second-order valence-electron chi connectivity index (χ2n) is 5.72. The zero-order chi connectivity index (χ0) is 18.1. The number of anilines is 1. The summed E-state index contributed by atoms with van der Waals surface area (Å²) in [6.07, 6.45) is 6.12. The topological polar surface area (TPSA) is 94.2 Å². The van der Waals surface area contributed by atoms with E-state index >= 15 is 0 Å². The number of benzene rings is 1. The molecule has 0 aliphatic heterocycles. The minimum Gasteiger partial charge on any atom is -0.322 e. The molecule has 8 nitrogen and oxygen atoms in total. The quantitative estimate of drug-likeness (QED) is 0.596. The van der Waals surface area contributed by atoms with Gasteiger partial charge < -0.3 is 5.32 Å². The summed E-state index contributed by atoms with van der Waals surface area (Å²) >= 11 is 1.40. The Labute approximate surface area is 151 Å². The molecule has 0 saturated carbocycles. The molecule has 0 spiro atoms. The van der Waals surface area contributed by atoms with Gasteiger partial charge in [-0.3, -0.25) is 14.0 Å². The zero-order valence-electron chi connectivity index (χ0n) is 13.8. The first-order valence-electron chi connectivity index (χ1n) is 7.81. The van der Waals surface area contributed by atoms with Crippen molar-refractivity contribution in [3.8, 4) is 0 Å². The summed E-state index contributed by atoms with van der Waals surface area (Å²) in [4.78, 5) is 34.5. The van der Waals surface area contributed by atoms with E-state index < -0.39 is 5.91 Å². The van der Waals surface area contributed by atoms with Crippen LogP contribution in [0.3, 0.4) is 0 Å². The summed E-state index contributed by atoms with van der Waals surface area (Å²) < 4.78 is 3.11. The van der Waals surface area contributed by atoms with E-state index in [4.69, 9.17) is 0 Å². The van der Waals surface area contributed by atoms with Crippen molar-refractivity contribution in [3.05, 3.63) is 75.7 Å². The van der Waals surface area contributed by atoms with E-state index in [-0.39, 0.29) is 11.1 Å². The maximum atomic E-state index is 12.5. The summed E-state index contributed by atoms with van der Waals surface area (Å²) in [5.74, 6) is -0.482. The van der Waals surface area contributed by atoms with Crippen LogP contribution in [-0.2, 0) is 6.54 Å². The van der Waals surface area contributed by atoms with Crippen molar-refractivity contribution in [1.29, 1.82) is 0 Å². The third-order valence-electron chi connectivity index (χ3n) is 3.79. The van der Waals surface area contributed by atoms with Gasteiger partial charge >= 0.3 is 0 Å². The minimum absolute atomic E-state index is 0.00647. The van der Waals surface area contributed by atoms with Crippen LogP contribution in [-0.4, -0.2) is 30.1 Å². The van der Waals surface area contributed by atoms with Crippen molar-refractivity contribution >= 4 is 27.9 Å². The highest BCUT2D eigenvalue weighted by Crippen LogP contribution is 2.14. The van der Waals surface area contributed by atoms with Gasteiger partial charge in [0.15, 0.2) is 4.96 Å². The molecule has 4 aromatic rings. The molecule has 0 aliphatic rings. The van der Waals surface area contributed by atoms with Crippen LogP contribution >= 0.6 is 11.3 Å². The fraction of sp³-hybridized carbons (Fsp3) is 0.118. The van der Waals surface area contributed by atoms with Gasteiger partial charge in [-0.1, -0.05) is 12.1 Å². The molecule has 0 atom stereocenters. The summed E-state index contributed by atoms with van der Waals surface area (Å²) in [6.45, 7) is 2.48. The number of aromatic nitrogens is 5. The standard InChI is InChI=1S/C17H14N6O2S/c1-11-7-23-16(25)14(6-19-17(23)26-11)15(24)21-13-4-2-12(3-5-13)8-22-10-18-9-20-22/h2-7,9-10H,8H2,1H3,(H,21,24). The van der Waals surface area contributed by atoms with E-state index in [2.05, 4.69) is 20.4 Å². The van der Waals surface area contributed by atoms with Gasteiger partial charge in [-0.15, -0.1) is 11.3 Å². The van der Waals surface area contributed by atoms with Crippen molar-refractivity contribution in [1.82, 2.24) is 24.1 Å². The average Bonchev–Trinajstić information content (AvgIpc) is 3.26. The molecular weight excluding hydrogens is 352 g/mol. The highest BCUT2D eigenvalue weighted by atomic mass is 32.1. The maximum absolute atomic E-state index is 12.5. The third kappa shape index (κ3) is 3.11. The highest BCUT2D eigenvalue weighted by molar-refractivity contribution is 7.16. The molecule has 0 aliphatic carbocycles. The lowest BCUT2D eigenvalue weighted by molar-refractivity contribution is 0.102. The van der Waals surface area contributed by atoms with Crippen LogP contribution < -0.4 is 10.9 Å². The number of amides is 1. The van der Waals surface area contributed by atoms with Crippen LogP contribution in [0.1, 0.15) is 20.8 Å². The molecule has 0 saturated heterocycles. The van der Waals surface area contributed by atoms with Crippen molar-refractivity contribution in [3.63, 3.8) is 0 Å². The fourth-order valence-electron chi connectivity index (χ4n) is 2.54. The predicted octanol–water partition coefficient (Wildman–Crippen LogP) is 1.96. The lowest BCUT2D eigenvalue weighted by Crippen LogP contribution is -2.25. The zero-order valence-corrected chi connectivity index (χ0v) is 14.6. The van der Waals surface area contributed by atoms with E-state index in [0.29, 0.717) is 17.2 Å². The Bertz CT molecular complexity index is 1130. The van der Waals surface area contributed by atoms with Crippen LogP contribution in [0.25, 0.3) is 4.96 Å². The van der Waals surface area contributed by atoms with E-state index in [1.54, 1.807) is 29.3 Å². The first kappa shape index (κ1) is 16.2. The first-order valence-corrected chi connectivity index (χ1v) is 8.62. The van der Waals surface area contributed by atoms with Gasteiger partial charge in [-0.25, -0.2) is 14.6 Å². The average molecular weight is 366 g/mol. The number of fused-ring (bicyclic) bond motifs is 1. The number of hydrogen-bond acceptors (Lipinski definition) is 6. The van der Waals surface area contributed by atoms with Gasteiger partial charge in [0.1, 0.15) is 18.2 Å². The van der Waals surface area contributed by atoms with Crippen LogP contribution in [0.2, 0.25) is 0 Å². The van der Waals surface area contributed by atoms with Crippen molar-refractivity contribution < 1.29 is 4.79 Å². The molecule has 1 amide bonds. The third-order valence-corrected chi connectivity index (χ3v) is 4.70. The Kier molecular flexibility index (Phi) is 4.05. The van der Waals surface area contributed by atoms with Crippen molar-refractivity contribution in [2.45, 2.75) is 13.5 Å². The fourth-order valence-corrected chi connectivity index (χ4v) is 3.33. The first-order chi connectivity index (χ1) is 12.6. The maximum Gasteiger partial charge on any atom is 0.271 e. The molecule has 1 aromatic carbocycles. The number of aryl methyl sites for hydroxylation is 1. The minimum atomic E-state index is -0.482. The van der Waals surface area contributed by atoms with Gasteiger partial charge in [0.2, 0.25) is 0 Å². The lowest BCUT2D eigenvalue weighted by Gasteiger charge is -2.06. The molecule has 3 heterocycles. The molecule has 0 unspecified atom stereocenters. The number of thiazole rings is 1. The van der Waals surface area contributed by atoms with Gasteiger partial charge in [0, 0.05) is 23.0 Å². The second kappa shape index (κ2) is 6.52. The Morgan fingerprint density at radius 3 is 2.81 bits per heavy atom. The molecule has 130 valence electrons. The summed E-state index contributed by atoms with van der Waals surface area (Å²) in [5, 5.41) is 6.78. The van der Waals surface area contributed by atoms with Crippen molar-refractivity contribution in [2.24, 2.45) is 0 Å². The molecule has 0 radical (unpaired) electrons. The molecule has 26 heavy (non-hydrogen) atoms. The van der Waals surface area contributed by atoms with Gasteiger partial charge in [0.25, 0.3) is 11.5 Å². The monoisotopic (exact) mass is 366 g/mol. The number of nitrogens with zero attached hydrogens (tertiary/aromatic N) is 5. The lowest BCUT2D eigenvalue weighted by atomic mass is 10.2. The van der Waals surface area contributed by atoms with Crippen LogP contribution in [0.4, 0.5) is 5.69 Å². The Balaban J connectivity index is 1.53. The number of hydrogen-bond donors (Lipinski definition) is 1. The number of nitrogens with one attached hydrogen (secondary N) is 1. The molecule has 0 fully saturated rings. The number of rotatable bonds is 4. The number of carbonyl (C=O) groups excluding carboxylic acids is 1. The molecular formula is C17H14N6O2S.